The van der Waals surface area contributed by atoms with E-state index >= 15 is 0 Å². The van der Waals surface area contributed by atoms with E-state index in [1.54, 1.807) is 6.07 Å². The molecular weight excluding hydrogens is 438 g/mol. The van der Waals surface area contributed by atoms with Gasteiger partial charge in [0.1, 0.15) is 11.5 Å². The number of rotatable bonds is 9. The van der Waals surface area contributed by atoms with Crippen LogP contribution in [0.4, 0.5) is 5.69 Å². The molecule has 1 aliphatic heterocycles. The van der Waals surface area contributed by atoms with E-state index in [2.05, 4.69) is 29.3 Å². The normalized spacial score (nSPS) is 13.7. The number of hydrogen-bond acceptors (Lipinski definition) is 7. The molecule has 0 saturated carbocycles. The van der Waals surface area contributed by atoms with Crippen LogP contribution in [0.3, 0.4) is 0 Å². The van der Waals surface area contributed by atoms with Gasteiger partial charge in [-0.2, -0.15) is 5.10 Å². The summed E-state index contributed by atoms with van der Waals surface area (Å²) in [6, 6.07) is 15.4. The van der Waals surface area contributed by atoms with Gasteiger partial charge in [0.2, 0.25) is 0 Å². The lowest BCUT2D eigenvalue weighted by molar-refractivity contribution is -0.132. The quantitative estimate of drug-likeness (QED) is 0.335. The third-order valence-electron chi connectivity index (χ3n) is 5.43. The molecule has 3 rings (SSSR count). The minimum absolute atomic E-state index is 0.286. The summed E-state index contributed by atoms with van der Waals surface area (Å²) in [5.41, 5.74) is 6.66. The van der Waals surface area contributed by atoms with Crippen LogP contribution >= 0.6 is 11.6 Å². The number of esters is 1. The van der Waals surface area contributed by atoms with E-state index in [9.17, 15) is 4.79 Å². The summed E-state index contributed by atoms with van der Waals surface area (Å²) in [4.78, 5) is 24.1. The van der Waals surface area contributed by atoms with Crippen LogP contribution < -0.4 is 5.43 Å². The monoisotopic (exact) mass is 467 g/mol. The fourth-order valence-electron chi connectivity index (χ4n) is 3.58. The van der Waals surface area contributed by atoms with Gasteiger partial charge in [-0.25, -0.2) is 9.79 Å². The van der Waals surface area contributed by atoms with Gasteiger partial charge in [-0.05, 0) is 44.3 Å². The molecule has 174 valence electrons. The number of aliphatic imine (C=N–C) groups is 2. The number of benzene rings is 2. The van der Waals surface area contributed by atoms with Crippen molar-refractivity contribution in [1.82, 2.24) is 10.3 Å². The Bertz CT molecular complexity index is 1050. The molecule has 1 N–H and O–H groups in total. The second-order valence-electron chi connectivity index (χ2n) is 7.54. The second kappa shape index (κ2) is 12.3. The number of carbonyl (C=O) groups excluding carboxylic acids is 1. The zero-order chi connectivity index (χ0) is 23.6. The molecule has 1 heterocycles. The number of hydrazone groups is 1. The number of methoxy groups -OCH3 is 1. The molecule has 0 fully saturated rings. The molecule has 0 bridgehead atoms. The number of nitrogens with zero attached hydrogens (tertiary/aromatic N) is 4. The number of hydrogen-bond donors (Lipinski definition) is 1. The molecule has 0 aromatic heterocycles. The van der Waals surface area contributed by atoms with Crippen molar-refractivity contribution >= 4 is 40.5 Å². The zero-order valence-corrected chi connectivity index (χ0v) is 20.1. The van der Waals surface area contributed by atoms with Gasteiger partial charge < -0.3 is 9.64 Å². The molecule has 0 radical (unpaired) electrons. The number of amidine groups is 1. The molecule has 0 amide bonds. The molecule has 0 unspecified atom stereocenters. The SMILES string of the molecule is CCN(CC)CCCC(=NNC1=Nc2ccc(Cl)cc2C(c2ccccc2)=NC1)C(=O)OC. The molecular formula is C25H30ClN5O2. The van der Waals surface area contributed by atoms with Gasteiger partial charge in [0.05, 0.1) is 25.1 Å². The lowest BCUT2D eigenvalue weighted by atomic mass is 10.0. The first-order chi connectivity index (χ1) is 16.0. The molecule has 7 nitrogen and oxygen atoms in total. The van der Waals surface area contributed by atoms with Crippen LogP contribution in [-0.2, 0) is 9.53 Å². The average molecular weight is 468 g/mol. The minimum Gasteiger partial charge on any atom is -0.464 e. The van der Waals surface area contributed by atoms with Gasteiger partial charge in [0, 0.05) is 22.6 Å². The first-order valence-corrected chi connectivity index (χ1v) is 11.5. The molecule has 2 aromatic carbocycles. The summed E-state index contributed by atoms with van der Waals surface area (Å²) in [6.45, 7) is 7.37. The van der Waals surface area contributed by atoms with Crippen molar-refractivity contribution in [3.8, 4) is 0 Å². The van der Waals surface area contributed by atoms with Crippen LogP contribution in [0.15, 0.2) is 63.6 Å². The third kappa shape index (κ3) is 6.73. The Hall–Kier alpha value is -3.03. The highest BCUT2D eigenvalue weighted by molar-refractivity contribution is 6.36. The van der Waals surface area contributed by atoms with Crippen molar-refractivity contribution in [2.75, 3.05) is 33.3 Å². The number of ether oxygens (including phenoxy) is 1. The lowest BCUT2D eigenvalue weighted by Gasteiger charge is -2.17. The summed E-state index contributed by atoms with van der Waals surface area (Å²) in [5, 5.41) is 4.96. The van der Waals surface area contributed by atoms with Crippen molar-refractivity contribution in [3.05, 3.63) is 64.7 Å². The third-order valence-corrected chi connectivity index (χ3v) is 5.66. The Balaban J connectivity index is 1.83. The smallest absolute Gasteiger partial charge is 0.354 e. The van der Waals surface area contributed by atoms with Crippen LogP contribution in [0.5, 0.6) is 0 Å². The van der Waals surface area contributed by atoms with E-state index < -0.39 is 5.97 Å². The predicted molar refractivity (Wildman–Crippen MR) is 135 cm³/mol. The maximum atomic E-state index is 12.3. The summed E-state index contributed by atoms with van der Waals surface area (Å²) in [5.74, 6) is 0.0894. The van der Waals surface area contributed by atoms with Crippen LogP contribution in [0, 0.1) is 0 Å². The van der Waals surface area contributed by atoms with Crippen molar-refractivity contribution in [3.63, 3.8) is 0 Å². The number of fused-ring (bicyclic) bond motifs is 1. The molecule has 0 atom stereocenters. The zero-order valence-electron chi connectivity index (χ0n) is 19.3. The van der Waals surface area contributed by atoms with Crippen LogP contribution in [0.2, 0.25) is 5.02 Å². The van der Waals surface area contributed by atoms with Crippen molar-refractivity contribution in [2.24, 2.45) is 15.1 Å². The van der Waals surface area contributed by atoms with Crippen molar-refractivity contribution < 1.29 is 9.53 Å². The minimum atomic E-state index is -0.447. The van der Waals surface area contributed by atoms with Gasteiger partial charge in [0.25, 0.3) is 0 Å². The van der Waals surface area contributed by atoms with Gasteiger partial charge in [0.15, 0.2) is 0 Å². The molecule has 33 heavy (non-hydrogen) atoms. The lowest BCUT2D eigenvalue weighted by Crippen LogP contribution is -2.28. The van der Waals surface area contributed by atoms with Gasteiger partial charge in [-0.3, -0.25) is 10.4 Å². The Morgan fingerprint density at radius 1 is 1.18 bits per heavy atom. The number of nitrogens with one attached hydrogen (secondary N) is 1. The van der Waals surface area contributed by atoms with Gasteiger partial charge in [-0.15, -0.1) is 0 Å². The van der Waals surface area contributed by atoms with E-state index in [4.69, 9.17) is 26.3 Å². The Morgan fingerprint density at radius 2 is 1.94 bits per heavy atom. The van der Waals surface area contributed by atoms with E-state index in [0.717, 1.165) is 48.6 Å². The maximum absolute atomic E-state index is 12.3. The Labute approximate surface area is 200 Å². The average Bonchev–Trinajstić information content (AvgIpc) is 3.02. The highest BCUT2D eigenvalue weighted by atomic mass is 35.5. The maximum Gasteiger partial charge on any atom is 0.354 e. The number of carbonyl (C=O) groups is 1. The molecule has 0 spiro atoms. The highest BCUT2D eigenvalue weighted by Crippen LogP contribution is 2.28. The van der Waals surface area contributed by atoms with Crippen LogP contribution in [0.1, 0.15) is 37.8 Å². The summed E-state index contributed by atoms with van der Waals surface area (Å²) < 4.78 is 4.93. The van der Waals surface area contributed by atoms with Crippen LogP contribution in [-0.4, -0.2) is 61.4 Å². The van der Waals surface area contributed by atoms with E-state index in [0.29, 0.717) is 23.0 Å². The summed E-state index contributed by atoms with van der Waals surface area (Å²) in [6.07, 6.45) is 1.32. The fourth-order valence-corrected chi connectivity index (χ4v) is 3.75. The number of halogens is 1. The standard InChI is InChI=1S/C25H30ClN5O2/c1-4-31(5-2)15-9-12-22(25(32)33-3)29-30-23-17-27-24(18-10-7-6-8-11-18)20-16-19(26)13-14-21(20)28-23/h6-8,10-11,13-14,16H,4-5,9,12,15,17H2,1-3H3,(H,28,30). The van der Waals surface area contributed by atoms with Crippen molar-refractivity contribution in [2.45, 2.75) is 26.7 Å². The molecule has 0 aliphatic carbocycles. The van der Waals surface area contributed by atoms with E-state index in [1.807, 2.05) is 42.5 Å². The first-order valence-electron chi connectivity index (χ1n) is 11.2. The predicted octanol–water partition coefficient (Wildman–Crippen LogP) is 4.46. The largest absolute Gasteiger partial charge is 0.464 e. The van der Waals surface area contributed by atoms with Gasteiger partial charge >= 0.3 is 5.97 Å². The van der Waals surface area contributed by atoms with E-state index in [1.165, 1.54) is 7.11 Å². The fraction of sp³-hybridized carbons (Fsp3) is 0.360. The molecule has 0 saturated heterocycles. The van der Waals surface area contributed by atoms with Crippen molar-refractivity contribution in [1.29, 1.82) is 0 Å². The summed E-state index contributed by atoms with van der Waals surface area (Å²) in [7, 11) is 1.36. The second-order valence-corrected chi connectivity index (χ2v) is 7.98. The topological polar surface area (TPSA) is 78.6 Å². The van der Waals surface area contributed by atoms with Crippen LogP contribution in [0.25, 0.3) is 0 Å². The van der Waals surface area contributed by atoms with E-state index in [-0.39, 0.29) is 6.54 Å². The Morgan fingerprint density at radius 3 is 2.64 bits per heavy atom. The Kier molecular flexibility index (Phi) is 9.15. The summed E-state index contributed by atoms with van der Waals surface area (Å²) >= 11 is 6.27. The molecule has 2 aromatic rings. The first kappa shape index (κ1) is 24.6. The highest BCUT2D eigenvalue weighted by Gasteiger charge is 2.18. The molecule has 8 heteroatoms. The van der Waals surface area contributed by atoms with Gasteiger partial charge in [-0.1, -0.05) is 55.8 Å². The molecule has 1 aliphatic rings.